The van der Waals surface area contributed by atoms with Crippen LogP contribution in [0.1, 0.15) is 29.4 Å². The number of hydrogen-bond donors (Lipinski definition) is 2. The summed E-state index contributed by atoms with van der Waals surface area (Å²) in [5.41, 5.74) is 7.56. The van der Waals surface area contributed by atoms with Gasteiger partial charge in [0.15, 0.2) is 11.0 Å². The smallest absolute Gasteiger partial charge is 0.253 e. The maximum atomic E-state index is 13.0. The van der Waals surface area contributed by atoms with Gasteiger partial charge in [0.1, 0.15) is 12.4 Å². The Balaban J connectivity index is 1.23. The largest absolute Gasteiger partial charge is 0.488 e. The van der Waals surface area contributed by atoms with Crippen molar-refractivity contribution in [3.63, 3.8) is 0 Å². The number of carbonyl (C=O) groups is 1. The summed E-state index contributed by atoms with van der Waals surface area (Å²) in [6.45, 7) is 4.76. The van der Waals surface area contributed by atoms with E-state index in [1.807, 2.05) is 102 Å². The van der Waals surface area contributed by atoms with Crippen LogP contribution in [0.2, 0.25) is 0 Å². The third-order valence-corrected chi connectivity index (χ3v) is 7.99. The molecule has 1 atom stereocenters. The lowest BCUT2D eigenvalue weighted by molar-refractivity contribution is -0.120. The molecule has 1 unspecified atom stereocenters. The number of halogens is 1. The number of rotatable bonds is 12. The first-order valence-electron chi connectivity index (χ1n) is 13.7. The summed E-state index contributed by atoms with van der Waals surface area (Å²) in [6.07, 6.45) is 1.59. The zero-order chi connectivity index (χ0) is 30.0. The zero-order valence-electron chi connectivity index (χ0n) is 23.8. The summed E-state index contributed by atoms with van der Waals surface area (Å²) in [5, 5.41) is 16.6. The second kappa shape index (κ2) is 14.7. The SMILES string of the molecule is Cc1ccc(NCc2nnc(SC(C)C(=O)N/N=C/c3ccccc3OCc3cccc(Br)c3)n2-c2ccccc2)cc1. The van der Waals surface area contributed by atoms with Crippen molar-refractivity contribution in [2.75, 3.05) is 5.32 Å². The molecule has 4 aromatic carbocycles. The van der Waals surface area contributed by atoms with Crippen molar-refractivity contribution in [3.05, 3.63) is 130 Å². The number of carbonyl (C=O) groups excluding carboxylic acids is 1. The second-order valence-electron chi connectivity index (χ2n) is 9.74. The fraction of sp³-hybridized carbons (Fsp3) is 0.152. The van der Waals surface area contributed by atoms with E-state index in [0.717, 1.165) is 32.8 Å². The van der Waals surface area contributed by atoms with Crippen LogP contribution in [0.25, 0.3) is 5.69 Å². The Kier molecular flexibility index (Phi) is 10.2. The first-order valence-corrected chi connectivity index (χ1v) is 15.4. The molecule has 0 aliphatic heterocycles. The molecule has 2 N–H and O–H groups in total. The van der Waals surface area contributed by atoms with Gasteiger partial charge in [0.2, 0.25) is 0 Å². The number of ether oxygens (including phenoxy) is 1. The Morgan fingerprint density at radius 2 is 1.77 bits per heavy atom. The highest BCUT2D eigenvalue weighted by Crippen LogP contribution is 2.26. The van der Waals surface area contributed by atoms with Crippen LogP contribution in [0.5, 0.6) is 5.75 Å². The highest BCUT2D eigenvalue weighted by molar-refractivity contribution is 9.10. The van der Waals surface area contributed by atoms with Gasteiger partial charge in [-0.05, 0) is 67.9 Å². The maximum Gasteiger partial charge on any atom is 0.253 e. The number of anilines is 1. The Hall–Kier alpha value is -4.41. The van der Waals surface area contributed by atoms with Crippen LogP contribution < -0.4 is 15.5 Å². The monoisotopic (exact) mass is 654 g/mol. The number of para-hydroxylation sites is 2. The van der Waals surface area contributed by atoms with E-state index >= 15 is 0 Å². The molecule has 0 spiro atoms. The van der Waals surface area contributed by atoms with Crippen molar-refractivity contribution >= 4 is 45.5 Å². The summed E-state index contributed by atoms with van der Waals surface area (Å²) >= 11 is 4.81. The van der Waals surface area contributed by atoms with Gasteiger partial charge in [0, 0.05) is 21.4 Å². The molecule has 0 saturated carbocycles. The van der Waals surface area contributed by atoms with Gasteiger partial charge in [-0.1, -0.05) is 87.9 Å². The zero-order valence-corrected chi connectivity index (χ0v) is 26.2. The molecule has 1 heterocycles. The van der Waals surface area contributed by atoms with E-state index < -0.39 is 5.25 Å². The predicted molar refractivity (Wildman–Crippen MR) is 176 cm³/mol. The first-order chi connectivity index (χ1) is 21.0. The lowest BCUT2D eigenvalue weighted by atomic mass is 10.2. The van der Waals surface area contributed by atoms with Crippen molar-refractivity contribution in [2.24, 2.45) is 5.10 Å². The molecule has 0 aliphatic carbocycles. The van der Waals surface area contributed by atoms with Gasteiger partial charge in [-0.3, -0.25) is 9.36 Å². The van der Waals surface area contributed by atoms with E-state index in [-0.39, 0.29) is 5.91 Å². The Labute approximate surface area is 263 Å². The number of benzene rings is 4. The van der Waals surface area contributed by atoms with Gasteiger partial charge in [0.25, 0.3) is 5.91 Å². The van der Waals surface area contributed by atoms with E-state index in [2.05, 4.69) is 61.0 Å². The van der Waals surface area contributed by atoms with Crippen molar-refractivity contribution < 1.29 is 9.53 Å². The molecule has 5 rings (SSSR count). The van der Waals surface area contributed by atoms with Crippen LogP contribution >= 0.6 is 27.7 Å². The molecule has 0 aliphatic rings. The molecule has 8 nitrogen and oxygen atoms in total. The van der Waals surface area contributed by atoms with Crippen molar-refractivity contribution in [1.29, 1.82) is 0 Å². The van der Waals surface area contributed by atoms with Gasteiger partial charge in [-0.2, -0.15) is 5.10 Å². The number of hydrogen-bond acceptors (Lipinski definition) is 7. The summed E-state index contributed by atoms with van der Waals surface area (Å²) < 4.78 is 8.99. The molecule has 1 aromatic heterocycles. The molecule has 0 radical (unpaired) electrons. The Bertz CT molecular complexity index is 1690. The van der Waals surface area contributed by atoms with Crippen LogP contribution in [0, 0.1) is 6.92 Å². The minimum Gasteiger partial charge on any atom is -0.488 e. The molecule has 0 fully saturated rings. The van der Waals surface area contributed by atoms with E-state index in [1.165, 1.54) is 17.3 Å². The first kappa shape index (κ1) is 30.1. The fourth-order valence-corrected chi connectivity index (χ4v) is 5.48. The van der Waals surface area contributed by atoms with Crippen LogP contribution in [-0.2, 0) is 17.9 Å². The number of nitrogens with zero attached hydrogens (tertiary/aromatic N) is 4. The standard InChI is InChI=1S/C33H31BrN6O2S/c1-23-15-17-28(18-16-23)35-21-31-37-39-33(40(31)29-12-4-3-5-13-29)43-24(2)32(41)38-36-20-26-10-6-7-14-30(26)42-22-25-9-8-11-27(34)19-25/h3-20,24,35H,21-22H2,1-2H3,(H,38,41)/b36-20+. The minimum atomic E-state index is -0.482. The normalized spacial score (nSPS) is 11.8. The van der Waals surface area contributed by atoms with E-state index in [0.29, 0.717) is 24.1 Å². The van der Waals surface area contributed by atoms with Crippen LogP contribution in [-0.4, -0.2) is 32.1 Å². The summed E-state index contributed by atoms with van der Waals surface area (Å²) in [5.74, 6) is 1.15. The lowest BCUT2D eigenvalue weighted by Crippen LogP contribution is -2.27. The average molecular weight is 656 g/mol. The molecule has 0 saturated heterocycles. The number of amides is 1. The highest BCUT2D eigenvalue weighted by Gasteiger charge is 2.21. The van der Waals surface area contributed by atoms with Gasteiger partial charge in [-0.15, -0.1) is 10.2 Å². The van der Waals surface area contributed by atoms with Gasteiger partial charge in [0.05, 0.1) is 18.0 Å². The van der Waals surface area contributed by atoms with E-state index in [4.69, 9.17) is 4.74 Å². The number of aryl methyl sites for hydroxylation is 1. The second-order valence-corrected chi connectivity index (χ2v) is 12.0. The fourth-order valence-electron chi connectivity index (χ4n) is 4.15. The summed E-state index contributed by atoms with van der Waals surface area (Å²) in [6, 6.07) is 33.6. The molecule has 43 heavy (non-hydrogen) atoms. The van der Waals surface area contributed by atoms with Gasteiger partial charge < -0.3 is 10.1 Å². The Morgan fingerprint density at radius 3 is 2.56 bits per heavy atom. The molecule has 0 bridgehead atoms. The van der Waals surface area contributed by atoms with Gasteiger partial charge >= 0.3 is 0 Å². The van der Waals surface area contributed by atoms with Crippen LogP contribution in [0.4, 0.5) is 5.69 Å². The summed E-state index contributed by atoms with van der Waals surface area (Å²) in [7, 11) is 0. The van der Waals surface area contributed by atoms with E-state index in [9.17, 15) is 4.79 Å². The predicted octanol–water partition coefficient (Wildman–Crippen LogP) is 7.16. The third-order valence-electron chi connectivity index (χ3n) is 6.45. The van der Waals surface area contributed by atoms with Crippen molar-refractivity contribution in [1.82, 2.24) is 20.2 Å². The number of nitrogens with one attached hydrogen (secondary N) is 2. The minimum absolute atomic E-state index is 0.254. The quantitative estimate of drug-likeness (QED) is 0.0842. The average Bonchev–Trinajstić information content (AvgIpc) is 3.42. The number of aromatic nitrogens is 3. The number of thioether (sulfide) groups is 1. The topological polar surface area (TPSA) is 93.4 Å². The van der Waals surface area contributed by atoms with Crippen LogP contribution in [0.3, 0.4) is 0 Å². The van der Waals surface area contributed by atoms with Crippen molar-refractivity contribution in [3.8, 4) is 11.4 Å². The van der Waals surface area contributed by atoms with Gasteiger partial charge in [-0.25, -0.2) is 5.43 Å². The van der Waals surface area contributed by atoms with Crippen LogP contribution in [0.15, 0.2) is 118 Å². The Morgan fingerprint density at radius 1 is 1.00 bits per heavy atom. The molecular formula is C33H31BrN6O2S. The molecule has 10 heteroatoms. The number of hydrazone groups is 1. The summed E-state index contributed by atoms with van der Waals surface area (Å²) in [4.78, 5) is 13.0. The molecule has 1 amide bonds. The highest BCUT2D eigenvalue weighted by atomic mass is 79.9. The molecule has 5 aromatic rings. The molecular weight excluding hydrogens is 624 g/mol. The third kappa shape index (κ3) is 8.33. The molecule has 218 valence electrons. The maximum absolute atomic E-state index is 13.0. The van der Waals surface area contributed by atoms with Crippen molar-refractivity contribution in [2.45, 2.75) is 37.4 Å². The lowest BCUT2D eigenvalue weighted by Gasteiger charge is -2.13. The van der Waals surface area contributed by atoms with E-state index in [1.54, 1.807) is 6.21 Å².